The van der Waals surface area contributed by atoms with Gasteiger partial charge >= 0.3 is 0 Å². The summed E-state index contributed by atoms with van der Waals surface area (Å²) in [5.41, 5.74) is 1.88. The minimum Gasteiger partial charge on any atom is -0.340 e. The highest BCUT2D eigenvalue weighted by molar-refractivity contribution is 5.90. The molecule has 2 heterocycles. The van der Waals surface area contributed by atoms with Crippen LogP contribution in [0.1, 0.15) is 12.7 Å². The summed E-state index contributed by atoms with van der Waals surface area (Å²) in [6, 6.07) is 11.9. The summed E-state index contributed by atoms with van der Waals surface area (Å²) in [5.74, 6) is 1.65. The molecule has 4 heteroatoms. The summed E-state index contributed by atoms with van der Waals surface area (Å²) >= 11 is 0. The number of benzene rings is 1. The largest absolute Gasteiger partial charge is 0.340 e. The van der Waals surface area contributed by atoms with Crippen LogP contribution in [0, 0.1) is 0 Å². The molecule has 1 aromatic carbocycles. The molecule has 4 nitrogen and oxygen atoms in total. The van der Waals surface area contributed by atoms with Crippen molar-refractivity contribution < 1.29 is 0 Å². The van der Waals surface area contributed by atoms with E-state index in [0.717, 1.165) is 34.7 Å². The molecule has 0 bridgehead atoms. The summed E-state index contributed by atoms with van der Waals surface area (Å²) in [6.07, 6.45) is 4.33. The molecule has 94 valence electrons. The molecule has 0 radical (unpaired) electrons. The predicted octanol–water partition coefficient (Wildman–Crippen LogP) is 3.33. The van der Waals surface area contributed by atoms with Gasteiger partial charge in [-0.3, -0.25) is 4.98 Å². The first kappa shape index (κ1) is 11.6. The maximum absolute atomic E-state index is 4.56. The molecule has 0 unspecified atom stereocenters. The molecule has 0 amide bonds. The van der Waals surface area contributed by atoms with E-state index in [0.29, 0.717) is 0 Å². The lowest BCUT2D eigenvalue weighted by Gasteiger charge is -2.09. The molecule has 0 aliphatic carbocycles. The van der Waals surface area contributed by atoms with E-state index < -0.39 is 0 Å². The number of fused-ring (bicyclic) bond motifs is 1. The first-order valence-corrected chi connectivity index (χ1v) is 6.29. The molecule has 3 rings (SSSR count). The second-order valence-electron chi connectivity index (χ2n) is 4.23. The lowest BCUT2D eigenvalue weighted by atomic mass is 10.2. The highest BCUT2D eigenvalue weighted by Gasteiger charge is 2.06. The average molecular weight is 250 g/mol. The Hall–Kier alpha value is -2.49. The number of pyridine rings is 1. The van der Waals surface area contributed by atoms with Crippen LogP contribution in [0.2, 0.25) is 0 Å². The zero-order valence-corrected chi connectivity index (χ0v) is 10.7. The Morgan fingerprint density at radius 2 is 1.89 bits per heavy atom. The Bertz CT molecular complexity index is 695. The zero-order valence-electron chi connectivity index (χ0n) is 10.7. The maximum atomic E-state index is 4.56. The zero-order chi connectivity index (χ0) is 13.1. The number of aryl methyl sites for hydroxylation is 1. The molecule has 0 saturated carbocycles. The minimum atomic E-state index is 0.800. The fourth-order valence-corrected chi connectivity index (χ4v) is 1.94. The number of hydrogen-bond acceptors (Lipinski definition) is 4. The molecule has 0 aliphatic heterocycles. The quantitative estimate of drug-likeness (QED) is 0.774. The summed E-state index contributed by atoms with van der Waals surface area (Å²) in [5, 5.41) is 4.33. The van der Waals surface area contributed by atoms with E-state index in [1.54, 1.807) is 12.4 Å². The second-order valence-corrected chi connectivity index (χ2v) is 4.23. The van der Waals surface area contributed by atoms with Crippen LogP contribution in [0.4, 0.5) is 11.5 Å². The number of anilines is 2. The number of aromatic nitrogens is 3. The van der Waals surface area contributed by atoms with Crippen molar-refractivity contribution in [1.82, 2.24) is 15.0 Å². The molecule has 0 atom stereocenters. The van der Waals surface area contributed by atoms with Gasteiger partial charge in [-0.1, -0.05) is 25.1 Å². The van der Waals surface area contributed by atoms with Crippen molar-refractivity contribution in [1.29, 1.82) is 0 Å². The third-order valence-electron chi connectivity index (χ3n) is 2.90. The van der Waals surface area contributed by atoms with Gasteiger partial charge in [-0.15, -0.1) is 0 Å². The monoisotopic (exact) mass is 250 g/mol. The van der Waals surface area contributed by atoms with Crippen LogP contribution >= 0.6 is 0 Å². The van der Waals surface area contributed by atoms with Crippen LogP contribution in [0.25, 0.3) is 10.9 Å². The minimum absolute atomic E-state index is 0.800. The summed E-state index contributed by atoms with van der Waals surface area (Å²) in [7, 11) is 0. The van der Waals surface area contributed by atoms with Gasteiger partial charge < -0.3 is 5.32 Å². The van der Waals surface area contributed by atoms with E-state index in [9.17, 15) is 0 Å². The van der Waals surface area contributed by atoms with Crippen molar-refractivity contribution in [2.45, 2.75) is 13.3 Å². The second kappa shape index (κ2) is 5.02. The molecule has 0 spiro atoms. The third kappa shape index (κ3) is 2.38. The Morgan fingerprint density at radius 1 is 1.05 bits per heavy atom. The summed E-state index contributed by atoms with van der Waals surface area (Å²) in [6.45, 7) is 2.05. The van der Waals surface area contributed by atoms with Crippen LogP contribution in [-0.2, 0) is 6.42 Å². The van der Waals surface area contributed by atoms with Gasteiger partial charge in [0.1, 0.15) is 11.6 Å². The molecule has 2 aromatic heterocycles. The fourth-order valence-electron chi connectivity index (χ4n) is 1.94. The maximum Gasteiger partial charge on any atom is 0.142 e. The third-order valence-corrected chi connectivity index (χ3v) is 2.90. The first-order valence-electron chi connectivity index (χ1n) is 6.29. The standard InChI is InChI=1S/C15H14N4/c1-2-14-18-13-10-16-9-8-12(13)15(19-14)17-11-6-4-3-5-7-11/h3-10H,2H2,1H3,(H,17,18,19). The lowest BCUT2D eigenvalue weighted by molar-refractivity contribution is 0.962. The highest BCUT2D eigenvalue weighted by Crippen LogP contribution is 2.23. The SMILES string of the molecule is CCc1nc(Nc2ccccc2)c2ccncc2n1. The van der Waals surface area contributed by atoms with Gasteiger partial charge in [-0.2, -0.15) is 0 Å². The van der Waals surface area contributed by atoms with Gasteiger partial charge in [-0.05, 0) is 18.2 Å². The van der Waals surface area contributed by atoms with E-state index in [-0.39, 0.29) is 0 Å². The molecule has 19 heavy (non-hydrogen) atoms. The lowest BCUT2D eigenvalue weighted by Crippen LogP contribution is -2.01. The van der Waals surface area contributed by atoms with Gasteiger partial charge in [0.2, 0.25) is 0 Å². The van der Waals surface area contributed by atoms with Gasteiger partial charge in [0.25, 0.3) is 0 Å². The van der Waals surface area contributed by atoms with Crippen molar-refractivity contribution >= 4 is 22.4 Å². The van der Waals surface area contributed by atoms with Crippen molar-refractivity contribution in [2.24, 2.45) is 0 Å². The number of hydrogen-bond donors (Lipinski definition) is 1. The Labute approximate surface area is 111 Å². The smallest absolute Gasteiger partial charge is 0.142 e. The Kier molecular flexibility index (Phi) is 3.06. The molecule has 0 aliphatic rings. The topological polar surface area (TPSA) is 50.7 Å². The van der Waals surface area contributed by atoms with Gasteiger partial charge in [-0.25, -0.2) is 9.97 Å². The van der Waals surface area contributed by atoms with Crippen molar-refractivity contribution in [2.75, 3.05) is 5.32 Å². The van der Waals surface area contributed by atoms with E-state index in [4.69, 9.17) is 0 Å². The van der Waals surface area contributed by atoms with Crippen molar-refractivity contribution in [3.63, 3.8) is 0 Å². The number of nitrogens with one attached hydrogen (secondary N) is 1. The van der Waals surface area contributed by atoms with Gasteiger partial charge in [0.15, 0.2) is 0 Å². The van der Waals surface area contributed by atoms with Crippen molar-refractivity contribution in [3.05, 3.63) is 54.6 Å². The van der Waals surface area contributed by atoms with Crippen LogP contribution in [0.15, 0.2) is 48.8 Å². The number of rotatable bonds is 3. The highest BCUT2D eigenvalue weighted by atomic mass is 15.0. The molecular formula is C15H14N4. The molecule has 0 fully saturated rings. The normalized spacial score (nSPS) is 10.6. The molecule has 0 saturated heterocycles. The van der Waals surface area contributed by atoms with E-state index >= 15 is 0 Å². The van der Waals surface area contributed by atoms with Gasteiger partial charge in [0, 0.05) is 23.7 Å². The van der Waals surface area contributed by atoms with Crippen molar-refractivity contribution in [3.8, 4) is 0 Å². The molecular weight excluding hydrogens is 236 g/mol. The van der Waals surface area contributed by atoms with E-state index in [1.165, 1.54) is 0 Å². The Morgan fingerprint density at radius 3 is 2.68 bits per heavy atom. The fraction of sp³-hybridized carbons (Fsp3) is 0.133. The average Bonchev–Trinajstić information content (AvgIpc) is 2.48. The van der Waals surface area contributed by atoms with Crippen LogP contribution in [0.3, 0.4) is 0 Å². The number of nitrogens with zero attached hydrogens (tertiary/aromatic N) is 3. The van der Waals surface area contributed by atoms with Crippen LogP contribution in [-0.4, -0.2) is 15.0 Å². The van der Waals surface area contributed by atoms with Gasteiger partial charge in [0.05, 0.1) is 11.7 Å². The molecule has 1 N–H and O–H groups in total. The number of para-hydroxylation sites is 1. The summed E-state index contributed by atoms with van der Waals surface area (Å²) in [4.78, 5) is 13.2. The first-order chi connectivity index (χ1) is 9.36. The van der Waals surface area contributed by atoms with E-state index in [2.05, 4.69) is 20.3 Å². The Balaban J connectivity index is 2.11. The van der Waals surface area contributed by atoms with E-state index in [1.807, 2.05) is 43.3 Å². The predicted molar refractivity (Wildman–Crippen MR) is 76.4 cm³/mol. The van der Waals surface area contributed by atoms with Crippen LogP contribution in [0.5, 0.6) is 0 Å². The molecule has 3 aromatic rings. The van der Waals surface area contributed by atoms with Crippen LogP contribution < -0.4 is 5.32 Å². The summed E-state index contributed by atoms with van der Waals surface area (Å²) < 4.78 is 0.